The molecule has 5 aromatic rings. The molecule has 270 valence electrons. The van der Waals surface area contributed by atoms with Gasteiger partial charge in [0.15, 0.2) is 5.82 Å². The van der Waals surface area contributed by atoms with E-state index in [1.807, 2.05) is 6.07 Å². The Balaban J connectivity index is 0.000000244. The molecular formula is C32H17Cl2F8N5O5. The summed E-state index contributed by atoms with van der Waals surface area (Å²) in [4.78, 5) is 11.5. The maximum absolute atomic E-state index is 14.5. The number of H-pyrrole nitrogens is 1. The van der Waals surface area contributed by atoms with Gasteiger partial charge < -0.3 is 19.3 Å². The zero-order chi connectivity index (χ0) is 38.5. The predicted octanol–water partition coefficient (Wildman–Crippen LogP) is 8.54. The van der Waals surface area contributed by atoms with Crippen molar-refractivity contribution in [2.75, 3.05) is 0 Å². The molecule has 5 rings (SSSR count). The van der Waals surface area contributed by atoms with E-state index in [-0.39, 0.29) is 61.6 Å². The number of halogens is 10. The lowest BCUT2D eigenvalue weighted by Crippen LogP contribution is -2.17. The molecule has 1 heterocycles. The van der Waals surface area contributed by atoms with Gasteiger partial charge in [-0.15, -0.1) is 26.3 Å². The van der Waals surface area contributed by atoms with Crippen molar-refractivity contribution in [1.82, 2.24) is 14.8 Å². The standard InChI is InChI=1S/C18H11ClF4N4O3.C14H6ClF4NO2/c1-27-16(25-26-17(27)28)8-29-15-6-13(19)9(7-24)4-12(15)11-5-10(2-3-14(11)20)30-18(21,22)23;15-11-5-13(21)10(3-7(11)6-20)9-4-8(1-2-12(9)16)22-14(17,18)19/h2-6H,8H2,1H3,(H,26,28);1-5,21H. The highest BCUT2D eigenvalue weighted by atomic mass is 35.5. The van der Waals surface area contributed by atoms with Gasteiger partial charge in [-0.2, -0.15) is 15.6 Å². The Kier molecular flexibility index (Phi) is 11.6. The molecule has 0 bridgehead atoms. The molecule has 20 heteroatoms. The first-order chi connectivity index (χ1) is 24.3. The highest BCUT2D eigenvalue weighted by Crippen LogP contribution is 2.40. The minimum atomic E-state index is -4.98. The van der Waals surface area contributed by atoms with Gasteiger partial charge in [-0.05, 0) is 48.5 Å². The highest BCUT2D eigenvalue weighted by molar-refractivity contribution is 6.32. The van der Waals surface area contributed by atoms with Gasteiger partial charge in [0.25, 0.3) is 0 Å². The van der Waals surface area contributed by atoms with E-state index < -0.39 is 47.3 Å². The second-order valence-corrected chi connectivity index (χ2v) is 10.9. The summed E-state index contributed by atoms with van der Waals surface area (Å²) in [5.74, 6) is -3.42. The van der Waals surface area contributed by atoms with E-state index >= 15 is 0 Å². The summed E-state index contributed by atoms with van der Waals surface area (Å²) in [7, 11) is 1.44. The molecular weight excluding hydrogens is 757 g/mol. The summed E-state index contributed by atoms with van der Waals surface area (Å²) in [6.45, 7) is -0.245. The summed E-state index contributed by atoms with van der Waals surface area (Å²) in [6, 6.07) is 12.8. The molecule has 0 saturated heterocycles. The van der Waals surface area contributed by atoms with Crippen molar-refractivity contribution in [1.29, 1.82) is 10.5 Å². The molecule has 0 aliphatic rings. The number of nitriles is 2. The summed E-state index contributed by atoms with van der Waals surface area (Å²) in [5.41, 5.74) is -1.48. The predicted molar refractivity (Wildman–Crippen MR) is 166 cm³/mol. The maximum Gasteiger partial charge on any atom is 0.573 e. The second kappa shape index (κ2) is 15.5. The topological polar surface area (TPSA) is 146 Å². The van der Waals surface area contributed by atoms with Gasteiger partial charge in [0.2, 0.25) is 0 Å². The van der Waals surface area contributed by atoms with E-state index in [1.165, 1.54) is 23.7 Å². The number of benzene rings is 4. The fraction of sp³-hybridized carbons (Fsp3) is 0.125. The molecule has 0 unspecified atom stereocenters. The number of nitrogens with one attached hydrogen (secondary N) is 1. The number of rotatable bonds is 7. The number of hydrogen-bond donors (Lipinski definition) is 2. The molecule has 0 radical (unpaired) electrons. The van der Waals surface area contributed by atoms with E-state index in [0.717, 1.165) is 48.5 Å². The van der Waals surface area contributed by atoms with Crippen LogP contribution in [0, 0.1) is 34.3 Å². The number of phenolic OH excluding ortho intramolecular Hbond substituents is 1. The zero-order valence-electron chi connectivity index (χ0n) is 25.6. The average Bonchev–Trinajstić information content (AvgIpc) is 3.37. The third-order valence-corrected chi connectivity index (χ3v) is 7.27. The molecule has 0 aliphatic heterocycles. The van der Waals surface area contributed by atoms with Crippen LogP contribution in [0.25, 0.3) is 22.3 Å². The van der Waals surface area contributed by atoms with E-state index in [9.17, 15) is 50.3 Å². The van der Waals surface area contributed by atoms with Crippen LogP contribution in [0.3, 0.4) is 0 Å². The number of nitrogens with zero attached hydrogens (tertiary/aromatic N) is 4. The normalized spacial score (nSPS) is 11.2. The molecule has 0 atom stereocenters. The number of ether oxygens (including phenoxy) is 3. The first kappa shape index (κ1) is 38.8. The van der Waals surface area contributed by atoms with Crippen molar-refractivity contribution in [2.24, 2.45) is 7.05 Å². The molecule has 4 aromatic carbocycles. The lowest BCUT2D eigenvalue weighted by Gasteiger charge is -2.15. The Hall–Kier alpha value is -5.98. The molecule has 0 spiro atoms. The van der Waals surface area contributed by atoms with Crippen molar-refractivity contribution in [3.63, 3.8) is 0 Å². The molecule has 0 saturated carbocycles. The second-order valence-electron chi connectivity index (χ2n) is 10.1. The molecule has 0 fully saturated rings. The van der Waals surface area contributed by atoms with Crippen molar-refractivity contribution in [3.8, 4) is 57.4 Å². The smallest absolute Gasteiger partial charge is 0.507 e. The van der Waals surface area contributed by atoms with Gasteiger partial charge in [-0.25, -0.2) is 18.7 Å². The molecule has 0 aliphatic carbocycles. The average molecular weight is 774 g/mol. The van der Waals surface area contributed by atoms with Crippen LogP contribution in [-0.4, -0.2) is 32.6 Å². The summed E-state index contributed by atoms with van der Waals surface area (Å²) in [5, 5.41) is 33.8. The largest absolute Gasteiger partial charge is 0.573 e. The number of phenols is 1. The van der Waals surface area contributed by atoms with Crippen molar-refractivity contribution in [3.05, 3.63) is 110 Å². The summed E-state index contributed by atoms with van der Waals surface area (Å²) < 4.78 is 117. The van der Waals surface area contributed by atoms with Crippen molar-refractivity contribution >= 4 is 23.2 Å². The van der Waals surface area contributed by atoms with Gasteiger partial charge in [-0.3, -0.25) is 4.57 Å². The molecule has 0 amide bonds. The number of aromatic nitrogens is 3. The van der Waals surface area contributed by atoms with E-state index in [1.54, 1.807) is 6.07 Å². The quantitative estimate of drug-likeness (QED) is 0.157. The van der Waals surface area contributed by atoms with Crippen molar-refractivity contribution in [2.45, 2.75) is 19.3 Å². The SMILES string of the molecule is Cn1c(COc2cc(Cl)c(C#N)cc2-c2cc(OC(F)(F)F)ccc2F)n[nH]c1=O.N#Cc1cc(-c2cc(OC(F)(F)F)ccc2F)c(O)cc1Cl. The third kappa shape index (κ3) is 9.62. The zero-order valence-corrected chi connectivity index (χ0v) is 27.1. The fourth-order valence-electron chi connectivity index (χ4n) is 4.30. The van der Waals surface area contributed by atoms with Crippen LogP contribution in [0.1, 0.15) is 17.0 Å². The van der Waals surface area contributed by atoms with Crippen LogP contribution >= 0.6 is 23.2 Å². The van der Waals surface area contributed by atoms with Gasteiger partial charge in [0.05, 0.1) is 21.2 Å². The minimum Gasteiger partial charge on any atom is -0.507 e. The first-order valence-electron chi connectivity index (χ1n) is 13.8. The monoisotopic (exact) mass is 773 g/mol. The Morgan fingerprint density at radius 3 is 1.73 bits per heavy atom. The van der Waals surface area contributed by atoms with Crippen LogP contribution in [0.4, 0.5) is 35.1 Å². The van der Waals surface area contributed by atoms with Crippen molar-refractivity contribution < 1.29 is 54.4 Å². The number of hydrogen-bond acceptors (Lipinski definition) is 8. The highest BCUT2D eigenvalue weighted by Gasteiger charge is 2.32. The van der Waals surface area contributed by atoms with Gasteiger partial charge in [0, 0.05) is 41.4 Å². The third-order valence-electron chi connectivity index (χ3n) is 6.65. The maximum atomic E-state index is 14.5. The number of alkyl halides is 6. The lowest BCUT2D eigenvalue weighted by atomic mass is 10.0. The lowest BCUT2D eigenvalue weighted by molar-refractivity contribution is -0.275. The Labute approximate surface area is 296 Å². The van der Waals surface area contributed by atoms with Crippen LogP contribution < -0.4 is 19.9 Å². The first-order valence-corrected chi connectivity index (χ1v) is 14.6. The Morgan fingerprint density at radius 2 is 1.27 bits per heavy atom. The van der Waals surface area contributed by atoms with Gasteiger partial charge in [-0.1, -0.05) is 23.2 Å². The van der Waals surface area contributed by atoms with E-state index in [2.05, 4.69) is 19.7 Å². The summed E-state index contributed by atoms with van der Waals surface area (Å²) >= 11 is 11.7. The molecule has 10 nitrogen and oxygen atoms in total. The minimum absolute atomic E-state index is 0.0183. The summed E-state index contributed by atoms with van der Waals surface area (Å²) in [6.07, 6.45) is -9.91. The Bertz CT molecular complexity index is 2280. The van der Waals surface area contributed by atoms with Gasteiger partial charge in [0.1, 0.15) is 53.4 Å². The number of aromatic amines is 1. The number of aromatic hydroxyl groups is 1. The van der Waals surface area contributed by atoms with E-state index in [4.69, 9.17) is 33.2 Å². The molecule has 2 N–H and O–H groups in total. The van der Waals surface area contributed by atoms with Gasteiger partial charge >= 0.3 is 18.4 Å². The van der Waals surface area contributed by atoms with Crippen LogP contribution in [0.15, 0.2) is 65.5 Å². The van der Waals surface area contributed by atoms with Crippen LogP contribution in [-0.2, 0) is 13.7 Å². The fourth-order valence-corrected chi connectivity index (χ4v) is 4.70. The Morgan fingerprint density at radius 1 is 0.788 bits per heavy atom. The van der Waals surface area contributed by atoms with E-state index in [0.29, 0.717) is 0 Å². The van der Waals surface area contributed by atoms with Crippen LogP contribution in [0.2, 0.25) is 10.0 Å². The molecule has 1 aromatic heterocycles. The van der Waals surface area contributed by atoms with Crippen LogP contribution in [0.5, 0.6) is 23.0 Å². The molecule has 52 heavy (non-hydrogen) atoms.